The van der Waals surface area contributed by atoms with Gasteiger partial charge >= 0.3 is 6.01 Å². The van der Waals surface area contributed by atoms with E-state index < -0.39 is 0 Å². The van der Waals surface area contributed by atoms with E-state index in [9.17, 15) is 4.79 Å². The second-order valence-electron chi connectivity index (χ2n) is 6.39. The number of rotatable bonds is 5. The van der Waals surface area contributed by atoms with Gasteiger partial charge in [0.1, 0.15) is 6.10 Å². The van der Waals surface area contributed by atoms with E-state index in [2.05, 4.69) is 51.0 Å². The van der Waals surface area contributed by atoms with Crippen LogP contribution in [0.4, 0.5) is 0 Å². The molecule has 0 aliphatic carbocycles. The van der Waals surface area contributed by atoms with Gasteiger partial charge in [0.15, 0.2) is 0 Å². The van der Waals surface area contributed by atoms with Gasteiger partial charge < -0.3 is 9.64 Å². The van der Waals surface area contributed by atoms with Crippen molar-refractivity contribution in [3.05, 3.63) is 52.3 Å². The molecule has 1 aliphatic rings. The molecule has 1 amide bonds. The fraction of sp³-hybridized carbons (Fsp3) is 0.421. The summed E-state index contributed by atoms with van der Waals surface area (Å²) >= 11 is 3.31. The Kier molecular flexibility index (Phi) is 6.02. The topological polar surface area (TPSA) is 55.3 Å². The van der Waals surface area contributed by atoms with Crippen LogP contribution in [0.3, 0.4) is 0 Å². The molecule has 2 aromatic rings. The summed E-state index contributed by atoms with van der Waals surface area (Å²) in [5.41, 5.74) is 2.44. The third-order valence-corrected chi connectivity index (χ3v) is 4.72. The number of halogens is 1. The molecule has 0 bridgehead atoms. The van der Waals surface area contributed by atoms with Gasteiger partial charge in [-0.2, -0.15) is 0 Å². The van der Waals surface area contributed by atoms with Crippen LogP contribution in [0.5, 0.6) is 6.01 Å². The number of likely N-dealkylation sites (tertiary alicyclic amines) is 1. The van der Waals surface area contributed by atoms with Crippen LogP contribution in [-0.2, 0) is 11.2 Å². The number of aromatic nitrogens is 2. The number of carbonyl (C=O) groups is 1. The van der Waals surface area contributed by atoms with Crippen molar-refractivity contribution in [2.45, 2.75) is 38.7 Å². The van der Waals surface area contributed by atoms with Crippen LogP contribution in [0.25, 0.3) is 0 Å². The normalized spacial score (nSPS) is 17.4. The molecule has 1 atom stereocenters. The fourth-order valence-corrected chi connectivity index (χ4v) is 3.25. The molecule has 1 unspecified atom stereocenters. The zero-order valence-corrected chi connectivity index (χ0v) is 15.9. The Morgan fingerprint density at radius 3 is 2.92 bits per heavy atom. The lowest BCUT2D eigenvalue weighted by atomic mass is 10.0. The van der Waals surface area contributed by atoms with E-state index in [4.69, 9.17) is 4.74 Å². The molecule has 25 heavy (non-hydrogen) atoms. The van der Waals surface area contributed by atoms with E-state index in [0.29, 0.717) is 19.0 Å². The number of piperidine rings is 1. The first-order chi connectivity index (χ1) is 12.1. The first-order valence-corrected chi connectivity index (χ1v) is 9.37. The van der Waals surface area contributed by atoms with Gasteiger partial charge in [-0.05, 0) is 47.7 Å². The highest BCUT2D eigenvalue weighted by Crippen LogP contribution is 2.18. The van der Waals surface area contributed by atoms with Crippen molar-refractivity contribution in [2.75, 3.05) is 13.1 Å². The molecular formula is C19H22BrN3O2. The van der Waals surface area contributed by atoms with Crippen molar-refractivity contribution >= 4 is 21.8 Å². The van der Waals surface area contributed by atoms with Gasteiger partial charge in [-0.15, -0.1) is 0 Å². The minimum Gasteiger partial charge on any atom is -0.458 e. The maximum atomic E-state index is 12.5. The lowest BCUT2D eigenvalue weighted by molar-refractivity contribution is -0.133. The highest BCUT2D eigenvalue weighted by molar-refractivity contribution is 9.10. The average Bonchev–Trinajstić information content (AvgIpc) is 2.62. The highest BCUT2D eigenvalue weighted by Gasteiger charge is 2.25. The molecule has 2 heterocycles. The van der Waals surface area contributed by atoms with Crippen LogP contribution in [0.1, 0.15) is 30.4 Å². The summed E-state index contributed by atoms with van der Waals surface area (Å²) in [5, 5.41) is 0. The largest absolute Gasteiger partial charge is 0.458 e. The maximum absolute atomic E-state index is 12.5. The molecule has 1 saturated heterocycles. The van der Waals surface area contributed by atoms with E-state index >= 15 is 0 Å². The maximum Gasteiger partial charge on any atom is 0.316 e. The molecule has 132 valence electrons. The third-order valence-electron chi connectivity index (χ3n) is 4.31. The average molecular weight is 404 g/mol. The SMILES string of the molecule is Cc1cccc(CCC(=O)N2CCCC(Oc3ncc(Br)cn3)C2)c1. The smallest absolute Gasteiger partial charge is 0.316 e. The van der Waals surface area contributed by atoms with E-state index in [1.54, 1.807) is 12.4 Å². The van der Waals surface area contributed by atoms with E-state index in [-0.39, 0.29) is 12.0 Å². The molecule has 0 radical (unpaired) electrons. The fourth-order valence-electron chi connectivity index (χ4n) is 3.05. The molecule has 1 aromatic heterocycles. The number of ether oxygens (including phenoxy) is 1. The van der Waals surface area contributed by atoms with Gasteiger partial charge in [0.05, 0.1) is 11.0 Å². The Morgan fingerprint density at radius 1 is 1.36 bits per heavy atom. The molecule has 1 aliphatic heterocycles. The molecule has 3 rings (SSSR count). The number of hydrogen-bond donors (Lipinski definition) is 0. The zero-order chi connectivity index (χ0) is 17.6. The highest BCUT2D eigenvalue weighted by atomic mass is 79.9. The van der Waals surface area contributed by atoms with Gasteiger partial charge in [-0.25, -0.2) is 9.97 Å². The molecule has 1 aromatic carbocycles. The summed E-state index contributed by atoms with van der Waals surface area (Å²) in [7, 11) is 0. The van der Waals surface area contributed by atoms with Crippen molar-refractivity contribution in [1.29, 1.82) is 0 Å². The van der Waals surface area contributed by atoms with Gasteiger partial charge in [0.2, 0.25) is 5.91 Å². The molecular weight excluding hydrogens is 382 g/mol. The predicted molar refractivity (Wildman–Crippen MR) is 99.5 cm³/mol. The van der Waals surface area contributed by atoms with Crippen molar-refractivity contribution in [2.24, 2.45) is 0 Å². The third kappa shape index (κ3) is 5.26. The molecule has 6 heteroatoms. The lowest BCUT2D eigenvalue weighted by Gasteiger charge is -2.32. The molecule has 1 fully saturated rings. The number of nitrogens with zero attached hydrogens (tertiary/aromatic N) is 3. The minimum atomic E-state index is -0.0437. The summed E-state index contributed by atoms with van der Waals surface area (Å²) in [6, 6.07) is 8.69. The Balaban J connectivity index is 1.51. The second kappa shape index (κ2) is 8.43. The van der Waals surface area contributed by atoms with Crippen LogP contribution in [0, 0.1) is 6.92 Å². The quantitative estimate of drug-likeness (QED) is 0.765. The van der Waals surface area contributed by atoms with Gasteiger partial charge in [0, 0.05) is 25.4 Å². The number of benzene rings is 1. The molecule has 0 spiro atoms. The van der Waals surface area contributed by atoms with Crippen LogP contribution < -0.4 is 4.74 Å². The van der Waals surface area contributed by atoms with Crippen molar-refractivity contribution in [3.8, 4) is 6.01 Å². The summed E-state index contributed by atoms with van der Waals surface area (Å²) in [5.74, 6) is 0.187. The monoisotopic (exact) mass is 403 g/mol. The van der Waals surface area contributed by atoms with Crippen LogP contribution in [-0.4, -0.2) is 40.0 Å². The van der Waals surface area contributed by atoms with Crippen molar-refractivity contribution < 1.29 is 9.53 Å². The Labute approximate surface area is 156 Å². The lowest BCUT2D eigenvalue weighted by Crippen LogP contribution is -2.44. The minimum absolute atomic E-state index is 0.0437. The number of hydrogen-bond acceptors (Lipinski definition) is 4. The standard InChI is InChI=1S/C19H22BrN3O2/c1-14-4-2-5-15(10-14)7-8-18(24)23-9-3-6-17(13-23)25-19-21-11-16(20)12-22-19/h2,4-5,10-12,17H,3,6-9,13H2,1H3. The van der Waals surface area contributed by atoms with Crippen molar-refractivity contribution in [1.82, 2.24) is 14.9 Å². The van der Waals surface area contributed by atoms with Crippen molar-refractivity contribution in [3.63, 3.8) is 0 Å². The molecule has 5 nitrogen and oxygen atoms in total. The Bertz CT molecular complexity index is 721. The Morgan fingerprint density at radius 2 is 2.16 bits per heavy atom. The van der Waals surface area contributed by atoms with Gasteiger partial charge in [-0.3, -0.25) is 4.79 Å². The predicted octanol–water partition coefficient (Wildman–Crippen LogP) is 3.55. The zero-order valence-electron chi connectivity index (χ0n) is 14.3. The summed E-state index contributed by atoms with van der Waals surface area (Å²) in [4.78, 5) is 22.7. The second-order valence-corrected chi connectivity index (χ2v) is 7.31. The molecule has 0 saturated carbocycles. The van der Waals surface area contributed by atoms with E-state index in [1.807, 2.05) is 11.0 Å². The van der Waals surface area contributed by atoms with E-state index in [0.717, 1.165) is 30.3 Å². The summed E-state index contributed by atoms with van der Waals surface area (Å²) in [6.07, 6.45) is 6.45. The summed E-state index contributed by atoms with van der Waals surface area (Å²) < 4.78 is 6.65. The van der Waals surface area contributed by atoms with Gasteiger partial charge in [0.25, 0.3) is 0 Å². The summed E-state index contributed by atoms with van der Waals surface area (Å²) in [6.45, 7) is 3.47. The molecule has 0 N–H and O–H groups in total. The number of amides is 1. The first-order valence-electron chi connectivity index (χ1n) is 8.57. The van der Waals surface area contributed by atoms with E-state index in [1.165, 1.54) is 11.1 Å². The first kappa shape index (κ1) is 17.9. The van der Waals surface area contributed by atoms with Gasteiger partial charge in [-0.1, -0.05) is 29.8 Å². The van der Waals surface area contributed by atoms with Crippen LogP contribution >= 0.6 is 15.9 Å². The number of carbonyl (C=O) groups excluding carboxylic acids is 1. The van der Waals surface area contributed by atoms with Crippen LogP contribution in [0.15, 0.2) is 41.1 Å². The number of aryl methyl sites for hydroxylation is 2. The van der Waals surface area contributed by atoms with Crippen LogP contribution in [0.2, 0.25) is 0 Å². The Hall–Kier alpha value is -1.95.